The van der Waals surface area contributed by atoms with E-state index >= 15 is 0 Å². The van der Waals surface area contributed by atoms with Crippen molar-refractivity contribution in [2.75, 3.05) is 32.6 Å². The fraction of sp³-hybridized carbons (Fsp3) is 0.333. The van der Waals surface area contributed by atoms with E-state index in [1.54, 1.807) is 4.90 Å². The number of hydrogen-bond donors (Lipinski definition) is 2. The highest BCUT2D eigenvalue weighted by Crippen LogP contribution is 2.33. The van der Waals surface area contributed by atoms with E-state index in [1.165, 1.54) is 32.0 Å². The summed E-state index contributed by atoms with van der Waals surface area (Å²) < 4.78 is 52.1. The molecule has 1 saturated heterocycles. The molecule has 2 atom stereocenters. The molecule has 194 valence electrons. The van der Waals surface area contributed by atoms with Crippen molar-refractivity contribution >= 4 is 28.7 Å². The number of halogens is 3. The number of carbonyl (C=O) groups is 2. The average molecular weight is 515 g/mol. The number of imidazole rings is 1. The number of fused-ring (bicyclic) bond motifs is 1. The number of benzene rings is 1. The fourth-order valence-electron chi connectivity index (χ4n) is 4.58. The highest BCUT2D eigenvalue weighted by molar-refractivity contribution is 6.00. The Labute approximate surface area is 209 Å². The van der Waals surface area contributed by atoms with Crippen LogP contribution in [0.1, 0.15) is 34.1 Å². The second kappa shape index (κ2) is 9.98. The summed E-state index contributed by atoms with van der Waals surface area (Å²) >= 11 is 0. The zero-order valence-corrected chi connectivity index (χ0v) is 20.3. The van der Waals surface area contributed by atoms with Crippen LogP contribution >= 0.6 is 0 Å². The fourth-order valence-corrected chi connectivity index (χ4v) is 4.58. The van der Waals surface area contributed by atoms with E-state index in [4.69, 9.17) is 10.5 Å². The van der Waals surface area contributed by atoms with E-state index < -0.39 is 35.0 Å². The van der Waals surface area contributed by atoms with Gasteiger partial charge in [-0.3, -0.25) is 9.59 Å². The van der Waals surface area contributed by atoms with E-state index in [2.05, 4.69) is 33.8 Å². The Kier molecular flexibility index (Phi) is 6.95. The second-order valence-electron chi connectivity index (χ2n) is 8.44. The Morgan fingerprint density at radius 3 is 2.65 bits per heavy atom. The molecule has 2 amide bonds. The van der Waals surface area contributed by atoms with E-state index in [0.717, 1.165) is 10.9 Å². The van der Waals surface area contributed by atoms with Gasteiger partial charge in [-0.25, -0.2) is 22.8 Å². The highest BCUT2D eigenvalue weighted by Gasteiger charge is 2.38. The van der Waals surface area contributed by atoms with Gasteiger partial charge in [0, 0.05) is 27.7 Å². The standard InChI is InChI=1S/C24H24F3N7O3/c1-5-16(35)33-9-12(8-13(33)10-37-4)34-24(29-2)17(23(28)36)15(31-34)7-6-14-18(25)20(27)22-21(19(14)26)30-11-32(22)3/h5,11-13,29H,1,8-10H2,2-4H3,(H2,28,36)/t12?,13-/m1/s1. The molecule has 3 aromatic rings. The number of rotatable bonds is 6. The van der Waals surface area contributed by atoms with Gasteiger partial charge < -0.3 is 25.3 Å². The number of methoxy groups -OCH3 is 1. The van der Waals surface area contributed by atoms with E-state index in [0.29, 0.717) is 6.42 Å². The number of anilines is 1. The molecule has 4 rings (SSSR count). The van der Waals surface area contributed by atoms with Crippen molar-refractivity contribution < 1.29 is 27.5 Å². The van der Waals surface area contributed by atoms with Gasteiger partial charge >= 0.3 is 0 Å². The van der Waals surface area contributed by atoms with Crippen molar-refractivity contribution in [2.45, 2.75) is 18.5 Å². The maximum atomic E-state index is 15.0. The number of likely N-dealkylation sites (tertiary alicyclic amines) is 1. The lowest BCUT2D eigenvalue weighted by Gasteiger charge is -2.22. The molecule has 13 heteroatoms. The van der Waals surface area contributed by atoms with Crippen molar-refractivity contribution in [1.29, 1.82) is 0 Å². The number of aryl methyl sites for hydroxylation is 1. The Bertz CT molecular complexity index is 1480. The van der Waals surface area contributed by atoms with Gasteiger partial charge in [0.15, 0.2) is 23.1 Å². The third-order valence-corrected chi connectivity index (χ3v) is 6.24. The first-order chi connectivity index (χ1) is 17.6. The first-order valence-electron chi connectivity index (χ1n) is 11.2. The molecule has 37 heavy (non-hydrogen) atoms. The predicted octanol–water partition coefficient (Wildman–Crippen LogP) is 1.70. The van der Waals surface area contributed by atoms with Crippen molar-refractivity contribution in [1.82, 2.24) is 24.2 Å². The number of carbonyl (C=O) groups excluding carboxylic acids is 2. The Hall–Kier alpha value is -4.31. The molecule has 0 bridgehead atoms. The number of aromatic nitrogens is 4. The van der Waals surface area contributed by atoms with Gasteiger partial charge in [-0.2, -0.15) is 5.10 Å². The SMILES string of the molecule is C=CC(=O)N1CC(n2nc(C#Cc3c(F)c(F)c4c(ncn4C)c3F)c(C(N)=O)c2NC)C[C@@H]1COC. The van der Waals surface area contributed by atoms with Gasteiger partial charge in [0.25, 0.3) is 5.91 Å². The van der Waals surface area contributed by atoms with Crippen LogP contribution in [0.3, 0.4) is 0 Å². The van der Waals surface area contributed by atoms with Gasteiger partial charge in [0.2, 0.25) is 5.91 Å². The molecule has 0 radical (unpaired) electrons. The minimum absolute atomic E-state index is 0.119. The first kappa shape index (κ1) is 25.8. The summed E-state index contributed by atoms with van der Waals surface area (Å²) in [6, 6.07) is -0.687. The minimum atomic E-state index is -1.49. The molecule has 3 N–H and O–H groups in total. The van der Waals surface area contributed by atoms with Crippen LogP contribution < -0.4 is 11.1 Å². The molecular weight excluding hydrogens is 491 g/mol. The van der Waals surface area contributed by atoms with Gasteiger partial charge in [-0.05, 0) is 18.4 Å². The van der Waals surface area contributed by atoms with Crippen LogP contribution in [-0.2, 0) is 16.6 Å². The van der Waals surface area contributed by atoms with Gasteiger partial charge in [-0.15, -0.1) is 0 Å². The zero-order chi connectivity index (χ0) is 27.0. The largest absolute Gasteiger partial charge is 0.383 e. The monoisotopic (exact) mass is 515 g/mol. The van der Waals surface area contributed by atoms with Crippen molar-refractivity contribution in [2.24, 2.45) is 12.8 Å². The molecule has 1 aliphatic rings. The van der Waals surface area contributed by atoms with Gasteiger partial charge in [0.1, 0.15) is 28.0 Å². The molecule has 1 aliphatic heterocycles. The van der Waals surface area contributed by atoms with Crippen LogP contribution in [0.25, 0.3) is 11.0 Å². The molecule has 1 fully saturated rings. The number of nitrogens with zero attached hydrogens (tertiary/aromatic N) is 5. The lowest BCUT2D eigenvalue weighted by Crippen LogP contribution is -2.37. The maximum absolute atomic E-state index is 15.0. The van der Waals surface area contributed by atoms with Crippen LogP contribution in [0.5, 0.6) is 0 Å². The molecule has 2 aromatic heterocycles. The quantitative estimate of drug-likeness (QED) is 0.293. The Morgan fingerprint density at radius 2 is 2.03 bits per heavy atom. The van der Waals surface area contributed by atoms with Crippen molar-refractivity contribution in [3.8, 4) is 11.8 Å². The number of primary amides is 1. The van der Waals surface area contributed by atoms with Crippen LogP contribution in [0.4, 0.5) is 19.0 Å². The third kappa shape index (κ3) is 4.29. The summed E-state index contributed by atoms with van der Waals surface area (Å²) in [6.07, 6.45) is 2.78. The number of amides is 2. The van der Waals surface area contributed by atoms with E-state index in [-0.39, 0.29) is 53.2 Å². The summed E-state index contributed by atoms with van der Waals surface area (Å²) in [7, 11) is 4.45. The molecule has 3 heterocycles. The van der Waals surface area contributed by atoms with Gasteiger partial charge in [0.05, 0.1) is 25.0 Å². The van der Waals surface area contributed by atoms with Crippen LogP contribution in [-0.4, -0.2) is 69.4 Å². The summed E-state index contributed by atoms with van der Waals surface area (Å²) in [4.78, 5) is 30.0. The minimum Gasteiger partial charge on any atom is -0.383 e. The maximum Gasteiger partial charge on any atom is 0.255 e. The molecule has 0 saturated carbocycles. The normalized spacial score (nSPS) is 17.1. The summed E-state index contributed by atoms with van der Waals surface area (Å²) in [6.45, 7) is 4.02. The van der Waals surface area contributed by atoms with E-state index in [1.807, 2.05) is 0 Å². The van der Waals surface area contributed by atoms with E-state index in [9.17, 15) is 22.8 Å². The lowest BCUT2D eigenvalue weighted by atomic mass is 10.1. The van der Waals surface area contributed by atoms with Crippen LogP contribution in [0.15, 0.2) is 19.0 Å². The van der Waals surface area contributed by atoms with Crippen LogP contribution in [0, 0.1) is 29.3 Å². The smallest absolute Gasteiger partial charge is 0.255 e. The zero-order valence-electron chi connectivity index (χ0n) is 20.3. The average Bonchev–Trinajstić information content (AvgIpc) is 3.57. The van der Waals surface area contributed by atoms with Crippen molar-refractivity contribution in [3.63, 3.8) is 0 Å². The predicted molar refractivity (Wildman–Crippen MR) is 128 cm³/mol. The third-order valence-electron chi connectivity index (χ3n) is 6.24. The Balaban J connectivity index is 1.81. The molecular formula is C24H24F3N7O3. The molecule has 0 aliphatic carbocycles. The topological polar surface area (TPSA) is 120 Å². The molecule has 0 spiro atoms. The number of nitrogens with two attached hydrogens (primary N) is 1. The summed E-state index contributed by atoms with van der Waals surface area (Å²) in [5.74, 6) is -0.203. The first-order valence-corrected chi connectivity index (χ1v) is 11.2. The molecule has 10 nitrogen and oxygen atoms in total. The second-order valence-corrected chi connectivity index (χ2v) is 8.44. The van der Waals surface area contributed by atoms with Crippen molar-refractivity contribution in [3.05, 3.63) is 53.3 Å². The summed E-state index contributed by atoms with van der Waals surface area (Å²) in [5, 5.41) is 7.24. The van der Waals surface area contributed by atoms with Crippen LogP contribution in [0.2, 0.25) is 0 Å². The lowest BCUT2D eigenvalue weighted by molar-refractivity contribution is -0.127. The summed E-state index contributed by atoms with van der Waals surface area (Å²) in [5.41, 5.74) is 3.71. The number of ether oxygens (including phenoxy) is 1. The Morgan fingerprint density at radius 1 is 1.30 bits per heavy atom. The highest BCUT2D eigenvalue weighted by atomic mass is 19.2. The number of hydrogen-bond acceptors (Lipinski definition) is 6. The molecule has 1 aromatic carbocycles. The molecule has 1 unspecified atom stereocenters. The number of nitrogens with one attached hydrogen (secondary N) is 1. The van der Waals surface area contributed by atoms with Gasteiger partial charge in [-0.1, -0.05) is 12.5 Å².